The molecule has 2 N–H and O–H groups in total. The Morgan fingerprint density at radius 1 is 1.00 bits per heavy atom. The largest absolute Gasteiger partial charge is 0.481 e. The minimum Gasteiger partial charge on any atom is -0.481 e. The molecule has 2 atom stereocenters. The molecule has 0 fully saturated rings. The molecule has 2 rings (SSSR count). The van der Waals surface area contributed by atoms with Crippen molar-refractivity contribution in [1.29, 1.82) is 0 Å². The molecule has 0 aliphatic carbocycles. The first-order valence-corrected chi connectivity index (χ1v) is 7.71. The molecular formula is C19H18NO5. The van der Waals surface area contributed by atoms with Gasteiger partial charge in [0, 0.05) is 0 Å². The van der Waals surface area contributed by atoms with Gasteiger partial charge in [-0.2, -0.15) is 0 Å². The SMILES string of the molecule is O=[C][C@@H](NC(=O)OCc1ccccc1)C(Cc1ccccc1)C(=O)O. The molecule has 2 aromatic rings. The fourth-order valence-electron chi connectivity index (χ4n) is 2.32. The summed E-state index contributed by atoms with van der Waals surface area (Å²) in [4.78, 5) is 34.5. The van der Waals surface area contributed by atoms with Crippen LogP contribution in [-0.2, 0) is 27.4 Å². The average molecular weight is 340 g/mol. The first kappa shape index (κ1) is 18.2. The molecule has 0 spiro atoms. The van der Waals surface area contributed by atoms with E-state index in [1.807, 2.05) is 12.1 Å². The van der Waals surface area contributed by atoms with E-state index in [4.69, 9.17) is 4.74 Å². The van der Waals surface area contributed by atoms with E-state index in [0.29, 0.717) is 0 Å². The van der Waals surface area contributed by atoms with Crippen molar-refractivity contribution in [3.05, 3.63) is 71.8 Å². The Morgan fingerprint density at radius 3 is 2.08 bits per heavy atom. The fourth-order valence-corrected chi connectivity index (χ4v) is 2.32. The smallest absolute Gasteiger partial charge is 0.408 e. The number of hydrogen-bond acceptors (Lipinski definition) is 4. The van der Waals surface area contributed by atoms with Crippen LogP contribution >= 0.6 is 0 Å². The van der Waals surface area contributed by atoms with Gasteiger partial charge in [-0.3, -0.25) is 9.59 Å². The average Bonchev–Trinajstić information content (AvgIpc) is 2.64. The molecular weight excluding hydrogens is 322 g/mol. The Hall–Kier alpha value is -3.15. The standard InChI is InChI=1S/C19H18NO5/c21-12-17(16(18(22)23)11-14-7-3-1-4-8-14)20-19(24)25-13-15-9-5-2-6-10-15/h1-10,16-17H,11,13H2,(H,20,24)(H,22,23)/t16?,17-/m1/s1. The Kier molecular flexibility index (Phi) is 6.71. The lowest BCUT2D eigenvalue weighted by Crippen LogP contribution is -2.45. The maximum Gasteiger partial charge on any atom is 0.408 e. The molecule has 2 aromatic carbocycles. The summed E-state index contributed by atoms with van der Waals surface area (Å²) in [5, 5.41) is 11.7. The molecule has 0 aliphatic heterocycles. The van der Waals surface area contributed by atoms with Gasteiger partial charge in [-0.1, -0.05) is 60.7 Å². The summed E-state index contributed by atoms with van der Waals surface area (Å²) in [6, 6.07) is 16.6. The van der Waals surface area contributed by atoms with Crippen LogP contribution in [-0.4, -0.2) is 29.5 Å². The van der Waals surface area contributed by atoms with Crippen molar-refractivity contribution in [2.75, 3.05) is 0 Å². The number of ether oxygens (including phenoxy) is 1. The van der Waals surface area contributed by atoms with E-state index in [9.17, 15) is 19.5 Å². The molecule has 1 unspecified atom stereocenters. The van der Waals surface area contributed by atoms with E-state index < -0.39 is 24.0 Å². The molecule has 25 heavy (non-hydrogen) atoms. The minimum atomic E-state index is -1.30. The highest BCUT2D eigenvalue weighted by Gasteiger charge is 2.30. The zero-order valence-electron chi connectivity index (χ0n) is 13.4. The van der Waals surface area contributed by atoms with E-state index in [-0.39, 0.29) is 13.0 Å². The van der Waals surface area contributed by atoms with Gasteiger partial charge >= 0.3 is 12.1 Å². The summed E-state index contributed by atoms with van der Waals surface area (Å²) >= 11 is 0. The second-order valence-corrected chi connectivity index (χ2v) is 5.44. The summed E-state index contributed by atoms with van der Waals surface area (Å²) < 4.78 is 5.02. The summed E-state index contributed by atoms with van der Waals surface area (Å²) in [7, 11) is 0. The topological polar surface area (TPSA) is 92.7 Å². The van der Waals surface area contributed by atoms with Gasteiger partial charge in [0.1, 0.15) is 12.6 Å². The van der Waals surface area contributed by atoms with Crippen LogP contribution < -0.4 is 5.32 Å². The molecule has 0 bridgehead atoms. The fraction of sp³-hybridized carbons (Fsp3) is 0.211. The number of carboxylic acids is 1. The van der Waals surface area contributed by atoms with Crippen molar-refractivity contribution >= 4 is 18.3 Å². The number of alkyl carbamates (subject to hydrolysis) is 1. The maximum absolute atomic E-state index is 11.9. The summed E-state index contributed by atoms with van der Waals surface area (Å²) in [5.74, 6) is -2.33. The Balaban J connectivity index is 1.96. The van der Waals surface area contributed by atoms with Crippen molar-refractivity contribution < 1.29 is 24.2 Å². The second-order valence-electron chi connectivity index (χ2n) is 5.44. The molecule has 6 heteroatoms. The van der Waals surface area contributed by atoms with Crippen molar-refractivity contribution in [1.82, 2.24) is 5.32 Å². The lowest BCUT2D eigenvalue weighted by molar-refractivity contribution is -0.142. The summed E-state index contributed by atoms with van der Waals surface area (Å²) in [6.07, 6.45) is 0.818. The van der Waals surface area contributed by atoms with Crippen LogP contribution in [0.4, 0.5) is 4.79 Å². The van der Waals surface area contributed by atoms with Crippen LogP contribution in [0.2, 0.25) is 0 Å². The van der Waals surface area contributed by atoms with Gasteiger partial charge < -0.3 is 15.2 Å². The Morgan fingerprint density at radius 2 is 1.56 bits per heavy atom. The van der Waals surface area contributed by atoms with Crippen LogP contribution in [0, 0.1) is 5.92 Å². The number of rotatable bonds is 8. The van der Waals surface area contributed by atoms with E-state index in [0.717, 1.165) is 11.1 Å². The molecule has 0 saturated heterocycles. The third kappa shape index (κ3) is 5.76. The van der Waals surface area contributed by atoms with E-state index in [1.165, 1.54) is 0 Å². The van der Waals surface area contributed by atoms with E-state index in [2.05, 4.69) is 5.32 Å². The van der Waals surface area contributed by atoms with Gasteiger partial charge in [-0.15, -0.1) is 0 Å². The van der Waals surface area contributed by atoms with Crippen molar-refractivity contribution in [2.45, 2.75) is 19.1 Å². The quantitative estimate of drug-likeness (QED) is 0.769. The molecule has 1 amide bonds. The molecule has 1 radical (unpaired) electrons. The molecule has 0 aromatic heterocycles. The molecule has 6 nitrogen and oxygen atoms in total. The van der Waals surface area contributed by atoms with Crippen molar-refractivity contribution in [3.63, 3.8) is 0 Å². The normalized spacial score (nSPS) is 12.6. The first-order valence-electron chi connectivity index (χ1n) is 7.71. The highest BCUT2D eigenvalue weighted by molar-refractivity contribution is 5.81. The highest BCUT2D eigenvalue weighted by atomic mass is 16.5. The zero-order valence-corrected chi connectivity index (χ0v) is 13.4. The Bertz CT molecular complexity index is 702. The summed E-state index contributed by atoms with van der Waals surface area (Å²) in [6.45, 7) is 0.0225. The van der Waals surface area contributed by atoms with Gasteiger partial charge in [-0.25, -0.2) is 4.79 Å². The van der Waals surface area contributed by atoms with E-state index in [1.54, 1.807) is 54.8 Å². The van der Waals surface area contributed by atoms with E-state index >= 15 is 0 Å². The van der Waals surface area contributed by atoms with Gasteiger partial charge in [0.2, 0.25) is 6.29 Å². The van der Waals surface area contributed by atoms with Crippen LogP contribution in [0.5, 0.6) is 0 Å². The van der Waals surface area contributed by atoms with Crippen LogP contribution in [0.1, 0.15) is 11.1 Å². The van der Waals surface area contributed by atoms with Gasteiger partial charge in [-0.05, 0) is 17.5 Å². The van der Waals surface area contributed by atoms with Gasteiger partial charge in [0.25, 0.3) is 0 Å². The van der Waals surface area contributed by atoms with Crippen molar-refractivity contribution in [2.24, 2.45) is 5.92 Å². The zero-order chi connectivity index (χ0) is 18.1. The number of aliphatic carboxylic acids is 1. The number of carbonyl (C=O) groups excluding carboxylic acids is 2. The minimum absolute atomic E-state index is 0.0225. The predicted molar refractivity (Wildman–Crippen MR) is 90.5 cm³/mol. The lowest BCUT2D eigenvalue weighted by Gasteiger charge is -2.19. The molecule has 129 valence electrons. The van der Waals surface area contributed by atoms with Gasteiger partial charge in [0.05, 0.1) is 5.92 Å². The highest BCUT2D eigenvalue weighted by Crippen LogP contribution is 2.13. The number of benzene rings is 2. The number of hydrogen-bond donors (Lipinski definition) is 2. The van der Waals surface area contributed by atoms with Crippen LogP contribution in [0.15, 0.2) is 60.7 Å². The van der Waals surface area contributed by atoms with Crippen molar-refractivity contribution in [3.8, 4) is 0 Å². The lowest BCUT2D eigenvalue weighted by atomic mass is 9.93. The van der Waals surface area contributed by atoms with Gasteiger partial charge in [0.15, 0.2) is 0 Å². The Labute approximate surface area is 145 Å². The molecule has 0 saturated carbocycles. The first-order chi connectivity index (χ1) is 12.1. The number of carboxylic acid groups (broad SMARTS) is 1. The number of amides is 1. The number of nitrogens with one attached hydrogen (secondary N) is 1. The third-order valence-electron chi connectivity index (χ3n) is 3.63. The van der Waals surface area contributed by atoms with Crippen LogP contribution in [0.3, 0.4) is 0 Å². The molecule has 0 aliphatic rings. The maximum atomic E-state index is 11.9. The second kappa shape index (κ2) is 9.22. The summed E-state index contributed by atoms with van der Waals surface area (Å²) in [5.41, 5.74) is 1.53. The number of carbonyl (C=O) groups is 2. The third-order valence-corrected chi connectivity index (χ3v) is 3.63. The molecule has 0 heterocycles. The van der Waals surface area contributed by atoms with Crippen LogP contribution in [0.25, 0.3) is 0 Å². The predicted octanol–water partition coefficient (Wildman–Crippen LogP) is 2.33. The monoisotopic (exact) mass is 340 g/mol.